The van der Waals surface area contributed by atoms with Crippen LogP contribution in [-0.2, 0) is 9.53 Å². The molecule has 5 nitrogen and oxygen atoms in total. The van der Waals surface area contributed by atoms with Gasteiger partial charge in [-0.05, 0) is 38.4 Å². The highest BCUT2D eigenvalue weighted by atomic mass is 16.5. The summed E-state index contributed by atoms with van der Waals surface area (Å²) in [4.78, 5) is 14.0. The molecule has 1 saturated heterocycles. The Morgan fingerprint density at radius 1 is 1.53 bits per heavy atom. The normalized spacial score (nSPS) is 20.2. The van der Waals surface area contributed by atoms with Crippen LogP contribution in [0.3, 0.4) is 0 Å². The van der Waals surface area contributed by atoms with Gasteiger partial charge < -0.3 is 20.7 Å². The minimum absolute atomic E-state index is 0.107. The van der Waals surface area contributed by atoms with Gasteiger partial charge in [0.2, 0.25) is 5.91 Å². The van der Waals surface area contributed by atoms with Gasteiger partial charge in [0.05, 0.1) is 6.61 Å². The molecule has 1 heterocycles. The fraction of sp³-hybridized carbons (Fsp3) is 0.917. The Balaban J connectivity index is 2.16. The molecule has 1 aliphatic rings. The first-order valence-electron chi connectivity index (χ1n) is 6.42. The number of likely N-dealkylation sites (tertiary alicyclic amines) is 1. The summed E-state index contributed by atoms with van der Waals surface area (Å²) in [6.45, 7) is 6.61. The largest absolute Gasteiger partial charge is 0.383 e. The van der Waals surface area contributed by atoms with Crippen LogP contribution in [0.15, 0.2) is 0 Å². The van der Waals surface area contributed by atoms with Crippen molar-refractivity contribution in [2.75, 3.05) is 39.9 Å². The fourth-order valence-corrected chi connectivity index (χ4v) is 2.14. The van der Waals surface area contributed by atoms with E-state index in [9.17, 15) is 4.79 Å². The molecule has 0 aromatic rings. The predicted molar refractivity (Wildman–Crippen MR) is 67.7 cm³/mol. The van der Waals surface area contributed by atoms with E-state index in [0.29, 0.717) is 5.92 Å². The van der Waals surface area contributed by atoms with E-state index in [-0.39, 0.29) is 12.5 Å². The number of carbonyl (C=O) groups excluding carboxylic acids is 1. The summed E-state index contributed by atoms with van der Waals surface area (Å²) in [5.41, 5.74) is 5.64. The number of nitrogens with zero attached hydrogens (tertiary/aromatic N) is 1. The van der Waals surface area contributed by atoms with E-state index in [1.807, 2.05) is 0 Å². The maximum atomic E-state index is 11.6. The maximum Gasteiger partial charge on any atom is 0.239 e. The molecule has 1 atom stereocenters. The molecule has 0 aromatic heterocycles. The van der Waals surface area contributed by atoms with Crippen LogP contribution in [0.4, 0.5) is 0 Å². The molecule has 1 aliphatic heterocycles. The minimum Gasteiger partial charge on any atom is -0.383 e. The zero-order chi connectivity index (χ0) is 12.7. The number of piperidine rings is 1. The maximum absolute atomic E-state index is 11.6. The first-order valence-corrected chi connectivity index (χ1v) is 6.42. The molecule has 3 N–H and O–H groups in total. The quantitative estimate of drug-likeness (QED) is 0.678. The van der Waals surface area contributed by atoms with Gasteiger partial charge in [-0.2, -0.15) is 0 Å². The lowest BCUT2D eigenvalue weighted by Gasteiger charge is -2.31. The van der Waals surface area contributed by atoms with Crippen LogP contribution < -0.4 is 11.1 Å². The Morgan fingerprint density at radius 2 is 2.18 bits per heavy atom. The van der Waals surface area contributed by atoms with Gasteiger partial charge in [-0.15, -0.1) is 0 Å². The molecular formula is C12H25N3O2. The fourth-order valence-electron chi connectivity index (χ4n) is 2.14. The monoisotopic (exact) mass is 243 g/mol. The molecule has 0 aromatic carbocycles. The summed E-state index contributed by atoms with van der Waals surface area (Å²) >= 11 is 0. The Bertz CT molecular complexity index is 228. The van der Waals surface area contributed by atoms with Gasteiger partial charge in [0, 0.05) is 13.7 Å². The summed E-state index contributed by atoms with van der Waals surface area (Å²) in [6, 6.07) is -0.546. The minimum atomic E-state index is -0.546. The second-order valence-corrected chi connectivity index (χ2v) is 4.68. The van der Waals surface area contributed by atoms with Crippen molar-refractivity contribution >= 4 is 5.91 Å². The van der Waals surface area contributed by atoms with E-state index in [2.05, 4.69) is 17.1 Å². The number of carbonyl (C=O) groups is 1. The summed E-state index contributed by atoms with van der Waals surface area (Å²) in [5.74, 6) is 0.487. The Kier molecular flexibility index (Phi) is 6.47. The van der Waals surface area contributed by atoms with Crippen LogP contribution in [0.5, 0.6) is 0 Å². The molecule has 5 heteroatoms. The molecule has 0 aliphatic carbocycles. The lowest BCUT2D eigenvalue weighted by molar-refractivity contribution is -0.123. The molecule has 0 spiro atoms. The van der Waals surface area contributed by atoms with E-state index in [0.717, 1.165) is 39.0 Å². The van der Waals surface area contributed by atoms with Crippen molar-refractivity contribution in [3.63, 3.8) is 0 Å². The van der Waals surface area contributed by atoms with Gasteiger partial charge in [-0.1, -0.05) is 6.92 Å². The number of nitrogens with one attached hydrogen (secondary N) is 1. The van der Waals surface area contributed by atoms with Crippen molar-refractivity contribution in [2.24, 2.45) is 11.7 Å². The van der Waals surface area contributed by atoms with Gasteiger partial charge in [0.15, 0.2) is 0 Å². The first-order chi connectivity index (χ1) is 8.17. The van der Waals surface area contributed by atoms with E-state index in [1.165, 1.54) is 0 Å². The molecule has 17 heavy (non-hydrogen) atoms. The van der Waals surface area contributed by atoms with Gasteiger partial charge in [-0.25, -0.2) is 0 Å². The third-order valence-corrected chi connectivity index (χ3v) is 3.40. The van der Waals surface area contributed by atoms with E-state index in [4.69, 9.17) is 10.5 Å². The van der Waals surface area contributed by atoms with Crippen molar-refractivity contribution in [2.45, 2.75) is 25.8 Å². The van der Waals surface area contributed by atoms with Crippen molar-refractivity contribution in [3.05, 3.63) is 0 Å². The second kappa shape index (κ2) is 7.63. The molecule has 1 amide bonds. The average molecular weight is 243 g/mol. The number of methoxy groups -OCH3 is 1. The number of nitrogens with two attached hydrogens (primary N) is 1. The smallest absolute Gasteiger partial charge is 0.239 e. The molecule has 1 fully saturated rings. The van der Waals surface area contributed by atoms with E-state index >= 15 is 0 Å². The van der Waals surface area contributed by atoms with Crippen LogP contribution in [0.25, 0.3) is 0 Å². The Labute approximate surface area is 104 Å². The molecule has 1 unspecified atom stereocenters. The van der Waals surface area contributed by atoms with Crippen molar-refractivity contribution < 1.29 is 9.53 Å². The third kappa shape index (κ3) is 5.02. The van der Waals surface area contributed by atoms with Crippen LogP contribution in [0.1, 0.15) is 19.8 Å². The van der Waals surface area contributed by atoms with Gasteiger partial charge in [-0.3, -0.25) is 4.79 Å². The highest BCUT2D eigenvalue weighted by Crippen LogP contribution is 2.15. The van der Waals surface area contributed by atoms with Crippen LogP contribution in [0, 0.1) is 5.92 Å². The summed E-state index contributed by atoms with van der Waals surface area (Å²) in [6.07, 6.45) is 2.32. The molecule has 0 saturated carbocycles. The van der Waals surface area contributed by atoms with Gasteiger partial charge in [0.25, 0.3) is 0 Å². The highest BCUT2D eigenvalue weighted by Gasteiger charge is 2.20. The summed E-state index contributed by atoms with van der Waals surface area (Å²) < 4.78 is 4.85. The lowest BCUT2D eigenvalue weighted by atomic mass is 9.97. The second-order valence-electron chi connectivity index (χ2n) is 4.68. The molecular weight excluding hydrogens is 218 g/mol. The van der Waals surface area contributed by atoms with E-state index in [1.54, 1.807) is 7.11 Å². The lowest BCUT2D eigenvalue weighted by Crippen LogP contribution is -2.46. The summed E-state index contributed by atoms with van der Waals surface area (Å²) in [5, 5.41) is 2.91. The topological polar surface area (TPSA) is 67.6 Å². The number of hydrogen-bond acceptors (Lipinski definition) is 4. The number of ether oxygens (including phenoxy) is 1. The summed E-state index contributed by atoms with van der Waals surface area (Å²) in [7, 11) is 1.55. The van der Waals surface area contributed by atoms with Crippen molar-refractivity contribution in [1.29, 1.82) is 0 Å². The number of rotatable bonds is 6. The van der Waals surface area contributed by atoms with Crippen LogP contribution >= 0.6 is 0 Å². The van der Waals surface area contributed by atoms with Crippen LogP contribution in [-0.4, -0.2) is 56.7 Å². The average Bonchev–Trinajstić information content (AvgIpc) is 2.36. The zero-order valence-corrected chi connectivity index (χ0v) is 10.9. The Morgan fingerprint density at radius 3 is 2.71 bits per heavy atom. The van der Waals surface area contributed by atoms with Crippen molar-refractivity contribution in [3.8, 4) is 0 Å². The number of hydrogen-bond donors (Lipinski definition) is 2. The van der Waals surface area contributed by atoms with Gasteiger partial charge >= 0.3 is 0 Å². The highest BCUT2D eigenvalue weighted by molar-refractivity contribution is 5.81. The first kappa shape index (κ1) is 14.4. The van der Waals surface area contributed by atoms with Crippen LogP contribution in [0.2, 0.25) is 0 Å². The molecule has 100 valence electrons. The Hall–Kier alpha value is -0.650. The number of amides is 1. The molecule has 0 bridgehead atoms. The molecule has 1 rings (SSSR count). The van der Waals surface area contributed by atoms with E-state index < -0.39 is 6.04 Å². The predicted octanol–water partition coefficient (Wildman–Crippen LogP) is -0.192. The van der Waals surface area contributed by atoms with Gasteiger partial charge in [0.1, 0.15) is 6.04 Å². The zero-order valence-electron chi connectivity index (χ0n) is 10.9. The van der Waals surface area contributed by atoms with Crippen molar-refractivity contribution in [1.82, 2.24) is 10.2 Å². The molecule has 0 radical (unpaired) electrons. The third-order valence-electron chi connectivity index (χ3n) is 3.40. The standard InChI is InChI=1S/C12H25N3O2/c1-3-15-6-4-10(5-7-15)8-14-12(16)11(13)9-17-2/h10-11H,3-9,13H2,1-2H3,(H,14,16). The SMILES string of the molecule is CCN1CCC(CNC(=O)C(N)COC)CC1.